The Bertz CT molecular complexity index is 193. The van der Waals surface area contributed by atoms with Crippen LogP contribution in [0, 0.1) is 0 Å². The second kappa shape index (κ2) is 6.22. The molecule has 0 spiro atoms. The van der Waals surface area contributed by atoms with Gasteiger partial charge in [-0.25, -0.2) is 0 Å². The Morgan fingerprint density at radius 3 is 2.50 bits per heavy atom. The van der Waals surface area contributed by atoms with Gasteiger partial charge in [0.2, 0.25) is 0 Å². The van der Waals surface area contributed by atoms with Crippen molar-refractivity contribution in [3.63, 3.8) is 0 Å². The maximum Gasteiger partial charge on any atom is 0.186 e. The number of hydrogen-bond donors (Lipinski definition) is 0. The van der Waals surface area contributed by atoms with E-state index in [0.717, 1.165) is 0 Å². The largest absolute Gasteiger partial charge is 0.395 e. The highest BCUT2D eigenvalue weighted by atomic mass is 32.2. The van der Waals surface area contributed by atoms with Crippen LogP contribution >= 0.6 is 23.5 Å². The standard InChI is InChI=1S/C9H18O2S2Si/c1-14(2,3)11-8-10-5-4-9-12-6-7-13-9/h4H,5-8H2,1-3H3. The molecule has 0 unspecified atom stereocenters. The highest BCUT2D eigenvalue weighted by Crippen LogP contribution is 2.35. The summed E-state index contributed by atoms with van der Waals surface area (Å²) in [5.74, 6) is 2.48. The van der Waals surface area contributed by atoms with Crippen LogP contribution in [0.5, 0.6) is 0 Å². The van der Waals surface area contributed by atoms with Gasteiger partial charge in [-0.1, -0.05) is 0 Å². The number of hydrogen-bond acceptors (Lipinski definition) is 4. The van der Waals surface area contributed by atoms with Gasteiger partial charge in [0.1, 0.15) is 6.79 Å². The van der Waals surface area contributed by atoms with Crippen molar-refractivity contribution in [2.24, 2.45) is 0 Å². The van der Waals surface area contributed by atoms with E-state index in [9.17, 15) is 0 Å². The molecule has 14 heavy (non-hydrogen) atoms. The number of ether oxygens (including phenoxy) is 1. The summed E-state index contributed by atoms with van der Waals surface area (Å²) in [7, 11) is -1.39. The third-order valence-electron chi connectivity index (χ3n) is 1.52. The summed E-state index contributed by atoms with van der Waals surface area (Å²) in [4.78, 5) is 0. The quantitative estimate of drug-likeness (QED) is 0.424. The van der Waals surface area contributed by atoms with E-state index in [-0.39, 0.29) is 0 Å². The van der Waals surface area contributed by atoms with Crippen LogP contribution in [-0.2, 0) is 9.16 Å². The summed E-state index contributed by atoms with van der Waals surface area (Å²) < 4.78 is 12.3. The second-order valence-electron chi connectivity index (χ2n) is 3.97. The minimum atomic E-state index is -1.39. The zero-order valence-electron chi connectivity index (χ0n) is 9.04. The van der Waals surface area contributed by atoms with Gasteiger partial charge in [0.25, 0.3) is 0 Å². The SMILES string of the molecule is C[Si](C)(C)OCOCC=C1SCCS1. The first kappa shape index (κ1) is 12.6. The minimum absolute atomic E-state index is 0.439. The van der Waals surface area contributed by atoms with Crippen molar-refractivity contribution in [3.05, 3.63) is 10.3 Å². The summed E-state index contributed by atoms with van der Waals surface area (Å²) in [6.07, 6.45) is 2.15. The molecule has 1 fully saturated rings. The third kappa shape index (κ3) is 6.13. The molecule has 0 saturated carbocycles. The maximum absolute atomic E-state index is 5.57. The van der Waals surface area contributed by atoms with Gasteiger partial charge in [-0.15, -0.1) is 23.5 Å². The average Bonchev–Trinajstić information content (AvgIpc) is 2.54. The summed E-state index contributed by atoms with van der Waals surface area (Å²) in [5.41, 5.74) is 0. The van der Waals surface area contributed by atoms with Gasteiger partial charge >= 0.3 is 0 Å². The van der Waals surface area contributed by atoms with Gasteiger partial charge in [0.05, 0.1) is 6.61 Å². The van der Waals surface area contributed by atoms with Crippen molar-refractivity contribution in [2.45, 2.75) is 19.6 Å². The molecule has 2 nitrogen and oxygen atoms in total. The molecular weight excluding hydrogens is 232 g/mol. The monoisotopic (exact) mass is 250 g/mol. The van der Waals surface area contributed by atoms with Crippen LogP contribution in [0.2, 0.25) is 19.6 Å². The van der Waals surface area contributed by atoms with Crippen LogP contribution < -0.4 is 0 Å². The van der Waals surface area contributed by atoms with Crippen molar-refractivity contribution < 1.29 is 9.16 Å². The number of rotatable bonds is 5. The first-order valence-corrected chi connectivity index (χ1v) is 10.1. The Hall–Kier alpha value is 0.577. The minimum Gasteiger partial charge on any atom is -0.395 e. The number of thioether (sulfide) groups is 2. The Labute approximate surface area is 95.9 Å². The maximum atomic E-state index is 5.57. The molecule has 0 amide bonds. The van der Waals surface area contributed by atoms with E-state index in [1.807, 2.05) is 23.5 Å². The Balaban J connectivity index is 2.01. The Kier molecular flexibility index (Phi) is 5.62. The van der Waals surface area contributed by atoms with Gasteiger partial charge < -0.3 is 9.16 Å². The van der Waals surface area contributed by atoms with Crippen molar-refractivity contribution in [1.82, 2.24) is 0 Å². The average molecular weight is 250 g/mol. The smallest absolute Gasteiger partial charge is 0.186 e. The Morgan fingerprint density at radius 1 is 1.29 bits per heavy atom. The molecule has 82 valence electrons. The molecule has 0 aliphatic carbocycles. The fourth-order valence-corrected chi connectivity index (χ4v) is 3.55. The summed E-state index contributed by atoms with van der Waals surface area (Å²) >= 11 is 3.84. The fraction of sp³-hybridized carbons (Fsp3) is 0.778. The van der Waals surface area contributed by atoms with Gasteiger partial charge in [-0.3, -0.25) is 0 Å². The van der Waals surface area contributed by atoms with Crippen LogP contribution in [0.1, 0.15) is 0 Å². The van der Waals surface area contributed by atoms with Gasteiger partial charge in [-0.05, 0) is 25.7 Å². The molecule has 1 saturated heterocycles. The lowest BCUT2D eigenvalue weighted by molar-refractivity contribution is 0.0256. The molecule has 0 bridgehead atoms. The van der Waals surface area contributed by atoms with Crippen LogP contribution in [-0.4, -0.2) is 33.2 Å². The predicted molar refractivity (Wildman–Crippen MR) is 68.2 cm³/mol. The highest BCUT2D eigenvalue weighted by molar-refractivity contribution is 8.25. The molecule has 0 N–H and O–H groups in total. The van der Waals surface area contributed by atoms with Crippen molar-refractivity contribution in [2.75, 3.05) is 24.9 Å². The van der Waals surface area contributed by atoms with E-state index in [2.05, 4.69) is 25.7 Å². The molecule has 0 atom stereocenters. The second-order valence-corrected chi connectivity index (χ2v) is 11.0. The van der Waals surface area contributed by atoms with E-state index in [0.29, 0.717) is 13.4 Å². The molecule has 0 aromatic rings. The van der Waals surface area contributed by atoms with E-state index >= 15 is 0 Å². The molecular formula is C9H18O2S2Si. The first-order valence-electron chi connectivity index (χ1n) is 4.75. The predicted octanol–water partition coefficient (Wildman–Crippen LogP) is 3.13. The summed E-state index contributed by atoms with van der Waals surface area (Å²) in [6.45, 7) is 7.61. The van der Waals surface area contributed by atoms with Crippen molar-refractivity contribution in [3.8, 4) is 0 Å². The fourth-order valence-electron chi connectivity index (χ4n) is 0.838. The molecule has 0 aromatic heterocycles. The summed E-state index contributed by atoms with van der Waals surface area (Å²) in [6, 6.07) is 0. The molecule has 1 rings (SSSR count). The van der Waals surface area contributed by atoms with Gasteiger partial charge in [0.15, 0.2) is 8.32 Å². The lowest BCUT2D eigenvalue weighted by atomic mass is 10.7. The Morgan fingerprint density at radius 2 is 1.93 bits per heavy atom. The normalized spacial score (nSPS) is 17.5. The van der Waals surface area contributed by atoms with Crippen molar-refractivity contribution >= 4 is 31.8 Å². The highest BCUT2D eigenvalue weighted by Gasteiger charge is 2.13. The molecule has 1 aliphatic heterocycles. The lowest BCUT2D eigenvalue weighted by Crippen LogP contribution is -2.26. The van der Waals surface area contributed by atoms with Gasteiger partial charge in [-0.2, -0.15) is 0 Å². The lowest BCUT2D eigenvalue weighted by Gasteiger charge is -2.16. The first-order chi connectivity index (χ1) is 6.58. The van der Waals surface area contributed by atoms with Crippen LogP contribution in [0.4, 0.5) is 0 Å². The summed E-state index contributed by atoms with van der Waals surface area (Å²) in [5, 5.41) is 0. The third-order valence-corrected chi connectivity index (χ3v) is 5.18. The van der Waals surface area contributed by atoms with Gasteiger partial charge in [0, 0.05) is 15.7 Å². The zero-order chi connectivity index (χ0) is 10.4. The van der Waals surface area contributed by atoms with E-state index in [4.69, 9.17) is 9.16 Å². The molecule has 0 radical (unpaired) electrons. The van der Waals surface area contributed by atoms with Crippen LogP contribution in [0.15, 0.2) is 10.3 Å². The van der Waals surface area contributed by atoms with Crippen LogP contribution in [0.3, 0.4) is 0 Å². The molecule has 5 heteroatoms. The van der Waals surface area contributed by atoms with Crippen molar-refractivity contribution in [1.29, 1.82) is 0 Å². The van der Waals surface area contributed by atoms with E-state index in [1.165, 1.54) is 15.7 Å². The molecule has 0 aromatic carbocycles. The van der Waals surface area contributed by atoms with E-state index < -0.39 is 8.32 Å². The zero-order valence-corrected chi connectivity index (χ0v) is 11.7. The topological polar surface area (TPSA) is 18.5 Å². The van der Waals surface area contributed by atoms with E-state index in [1.54, 1.807) is 0 Å². The van der Waals surface area contributed by atoms with Crippen LogP contribution in [0.25, 0.3) is 0 Å². The molecule has 1 heterocycles. The molecule has 1 aliphatic rings.